The molecule has 0 radical (unpaired) electrons. The Kier molecular flexibility index (Phi) is 3.91. The number of nitrogens with zero attached hydrogens (tertiary/aromatic N) is 1. The Hall–Kier alpha value is -2.29. The van der Waals surface area contributed by atoms with E-state index >= 15 is 0 Å². The monoisotopic (exact) mass is 280 g/mol. The Morgan fingerprint density at radius 2 is 2.00 bits per heavy atom. The Morgan fingerprint density at radius 3 is 2.76 bits per heavy atom. The zero-order chi connectivity index (χ0) is 14.7. The fraction of sp³-hybridized carbons (Fsp3) is 0.278. The maximum Gasteiger partial charge on any atom is 0.227 e. The molecule has 2 aromatic carbocycles. The molecule has 108 valence electrons. The molecule has 3 rings (SSSR count). The largest absolute Gasteiger partial charge is 0.381 e. The molecule has 1 heterocycles. The molecule has 3 heteroatoms. The standard InChI is InChI=1S/C18H20N2O/c1-14-6-2-3-7-15(14)13-19-16-8-4-9-17(12-16)20-11-5-10-18(20)21/h2-4,6-9,12,19H,5,10-11,13H2,1H3. The van der Waals surface area contributed by atoms with Crippen molar-refractivity contribution in [3.05, 3.63) is 59.7 Å². The van der Waals surface area contributed by atoms with Crippen molar-refractivity contribution in [2.24, 2.45) is 0 Å². The minimum atomic E-state index is 0.228. The normalized spacial score (nSPS) is 14.5. The first-order valence-corrected chi connectivity index (χ1v) is 7.43. The molecule has 0 atom stereocenters. The third-order valence-corrected chi connectivity index (χ3v) is 3.98. The summed E-state index contributed by atoms with van der Waals surface area (Å²) in [4.78, 5) is 13.7. The fourth-order valence-electron chi connectivity index (χ4n) is 2.71. The van der Waals surface area contributed by atoms with Crippen LogP contribution in [0, 0.1) is 6.92 Å². The number of carbonyl (C=O) groups excluding carboxylic acids is 1. The number of aryl methyl sites for hydroxylation is 1. The predicted molar refractivity (Wildman–Crippen MR) is 86.5 cm³/mol. The molecule has 0 saturated carbocycles. The van der Waals surface area contributed by atoms with E-state index in [0.29, 0.717) is 6.42 Å². The molecule has 1 aliphatic rings. The SMILES string of the molecule is Cc1ccccc1CNc1cccc(N2CCCC2=O)c1. The molecule has 0 aliphatic carbocycles. The van der Waals surface area contributed by atoms with Crippen molar-refractivity contribution >= 4 is 17.3 Å². The molecule has 0 unspecified atom stereocenters. The summed E-state index contributed by atoms with van der Waals surface area (Å²) in [5, 5.41) is 3.44. The molecule has 1 amide bonds. The lowest BCUT2D eigenvalue weighted by atomic mass is 10.1. The van der Waals surface area contributed by atoms with Crippen LogP contribution >= 0.6 is 0 Å². The topological polar surface area (TPSA) is 32.3 Å². The van der Waals surface area contributed by atoms with Crippen LogP contribution in [0.2, 0.25) is 0 Å². The van der Waals surface area contributed by atoms with Gasteiger partial charge in [-0.1, -0.05) is 30.3 Å². The molecule has 0 spiro atoms. The number of rotatable bonds is 4. The van der Waals surface area contributed by atoms with Crippen molar-refractivity contribution in [3.63, 3.8) is 0 Å². The summed E-state index contributed by atoms with van der Waals surface area (Å²) in [6.45, 7) is 3.75. The van der Waals surface area contributed by atoms with Crippen molar-refractivity contribution < 1.29 is 4.79 Å². The molecule has 1 N–H and O–H groups in total. The predicted octanol–water partition coefficient (Wildman–Crippen LogP) is 3.73. The third-order valence-electron chi connectivity index (χ3n) is 3.98. The number of benzene rings is 2. The van der Waals surface area contributed by atoms with Gasteiger partial charge in [0.1, 0.15) is 0 Å². The van der Waals surface area contributed by atoms with E-state index in [1.54, 1.807) is 0 Å². The van der Waals surface area contributed by atoms with Gasteiger partial charge in [-0.25, -0.2) is 0 Å². The smallest absolute Gasteiger partial charge is 0.227 e. The number of anilines is 2. The van der Waals surface area contributed by atoms with Crippen LogP contribution in [0.1, 0.15) is 24.0 Å². The molecule has 21 heavy (non-hydrogen) atoms. The summed E-state index contributed by atoms with van der Waals surface area (Å²) in [5.74, 6) is 0.228. The number of hydrogen-bond donors (Lipinski definition) is 1. The van der Waals surface area contributed by atoms with Crippen molar-refractivity contribution in [1.29, 1.82) is 0 Å². The maximum atomic E-state index is 11.8. The van der Waals surface area contributed by atoms with Gasteiger partial charge in [0.15, 0.2) is 0 Å². The van der Waals surface area contributed by atoms with E-state index in [-0.39, 0.29) is 5.91 Å². The van der Waals surface area contributed by atoms with Crippen LogP contribution in [0.4, 0.5) is 11.4 Å². The van der Waals surface area contributed by atoms with Crippen LogP contribution in [0.3, 0.4) is 0 Å². The van der Waals surface area contributed by atoms with Gasteiger partial charge in [0, 0.05) is 30.9 Å². The van der Waals surface area contributed by atoms with Crippen LogP contribution in [-0.2, 0) is 11.3 Å². The van der Waals surface area contributed by atoms with E-state index in [1.165, 1.54) is 11.1 Å². The Morgan fingerprint density at radius 1 is 1.14 bits per heavy atom. The highest BCUT2D eigenvalue weighted by atomic mass is 16.2. The molecule has 2 aromatic rings. The molecule has 1 saturated heterocycles. The van der Waals surface area contributed by atoms with Crippen molar-refractivity contribution in [1.82, 2.24) is 0 Å². The van der Waals surface area contributed by atoms with Crippen molar-refractivity contribution in [3.8, 4) is 0 Å². The Bertz CT molecular complexity index is 651. The maximum absolute atomic E-state index is 11.8. The molecule has 1 aliphatic heterocycles. The van der Waals surface area contributed by atoms with Crippen LogP contribution in [0.15, 0.2) is 48.5 Å². The second-order valence-electron chi connectivity index (χ2n) is 5.48. The van der Waals surface area contributed by atoms with E-state index in [9.17, 15) is 4.79 Å². The number of nitrogens with one attached hydrogen (secondary N) is 1. The molecular weight excluding hydrogens is 260 g/mol. The number of carbonyl (C=O) groups is 1. The van der Waals surface area contributed by atoms with E-state index < -0.39 is 0 Å². The highest BCUT2D eigenvalue weighted by molar-refractivity contribution is 5.95. The summed E-state index contributed by atoms with van der Waals surface area (Å²) in [5.41, 5.74) is 4.62. The first kappa shape index (κ1) is 13.7. The van der Waals surface area contributed by atoms with Gasteiger partial charge in [-0.3, -0.25) is 4.79 Å². The van der Waals surface area contributed by atoms with Gasteiger partial charge >= 0.3 is 0 Å². The molecule has 0 aromatic heterocycles. The Balaban J connectivity index is 1.72. The summed E-state index contributed by atoms with van der Waals surface area (Å²) in [7, 11) is 0. The van der Waals surface area contributed by atoms with Crippen LogP contribution < -0.4 is 10.2 Å². The Labute approximate surface area is 125 Å². The molecule has 0 bridgehead atoms. The van der Waals surface area contributed by atoms with Gasteiger partial charge in [0.25, 0.3) is 0 Å². The second-order valence-corrected chi connectivity index (χ2v) is 5.48. The summed E-state index contributed by atoms with van der Waals surface area (Å²) < 4.78 is 0. The van der Waals surface area contributed by atoms with Crippen molar-refractivity contribution in [2.75, 3.05) is 16.8 Å². The van der Waals surface area contributed by atoms with E-state index in [4.69, 9.17) is 0 Å². The zero-order valence-corrected chi connectivity index (χ0v) is 12.3. The van der Waals surface area contributed by atoms with Crippen LogP contribution in [0.25, 0.3) is 0 Å². The third kappa shape index (κ3) is 3.07. The van der Waals surface area contributed by atoms with E-state index in [0.717, 1.165) is 30.9 Å². The summed E-state index contributed by atoms with van der Waals surface area (Å²) >= 11 is 0. The van der Waals surface area contributed by atoms with Gasteiger partial charge in [0.2, 0.25) is 5.91 Å². The van der Waals surface area contributed by atoms with E-state index in [1.807, 2.05) is 23.1 Å². The highest BCUT2D eigenvalue weighted by Gasteiger charge is 2.21. The lowest BCUT2D eigenvalue weighted by Crippen LogP contribution is -2.23. The van der Waals surface area contributed by atoms with Gasteiger partial charge in [-0.2, -0.15) is 0 Å². The van der Waals surface area contributed by atoms with Crippen LogP contribution in [0.5, 0.6) is 0 Å². The zero-order valence-electron chi connectivity index (χ0n) is 12.3. The molecule has 1 fully saturated rings. The average molecular weight is 280 g/mol. The van der Waals surface area contributed by atoms with Crippen molar-refractivity contribution in [2.45, 2.75) is 26.3 Å². The van der Waals surface area contributed by atoms with Crippen LogP contribution in [-0.4, -0.2) is 12.5 Å². The summed E-state index contributed by atoms with van der Waals surface area (Å²) in [6.07, 6.45) is 1.63. The fourth-order valence-corrected chi connectivity index (χ4v) is 2.71. The second kappa shape index (κ2) is 6.00. The number of amides is 1. The first-order chi connectivity index (χ1) is 10.2. The first-order valence-electron chi connectivity index (χ1n) is 7.43. The minimum Gasteiger partial charge on any atom is -0.381 e. The lowest BCUT2D eigenvalue weighted by Gasteiger charge is -2.17. The van der Waals surface area contributed by atoms with Gasteiger partial charge in [-0.15, -0.1) is 0 Å². The van der Waals surface area contributed by atoms with Gasteiger partial charge in [0.05, 0.1) is 0 Å². The van der Waals surface area contributed by atoms with E-state index in [2.05, 4.69) is 42.6 Å². The number of hydrogen-bond acceptors (Lipinski definition) is 2. The highest BCUT2D eigenvalue weighted by Crippen LogP contribution is 2.24. The molecule has 3 nitrogen and oxygen atoms in total. The quantitative estimate of drug-likeness (QED) is 0.925. The molecular formula is C18H20N2O. The van der Waals surface area contributed by atoms with Gasteiger partial charge < -0.3 is 10.2 Å². The summed E-state index contributed by atoms with van der Waals surface area (Å²) in [6, 6.07) is 16.5. The average Bonchev–Trinajstić information content (AvgIpc) is 2.93. The minimum absolute atomic E-state index is 0.228. The lowest BCUT2D eigenvalue weighted by molar-refractivity contribution is -0.117. The van der Waals surface area contributed by atoms with Gasteiger partial charge in [-0.05, 0) is 42.7 Å².